The predicted octanol–water partition coefficient (Wildman–Crippen LogP) is 4.21. The number of aromatic nitrogens is 2. The standard InChI is InChI=1S/C21H17N3O/c25-21(14-16-5-6-17-3-1-2-4-18(17)13-16)23-19-7-9-20(10-8-19)24-12-11-22-15-24/h1-13,15H,14H2,(H,23,25). The van der Waals surface area contributed by atoms with Crippen molar-refractivity contribution in [3.05, 3.63) is 91.0 Å². The van der Waals surface area contributed by atoms with E-state index in [1.165, 1.54) is 5.39 Å². The number of nitrogens with one attached hydrogen (secondary N) is 1. The second-order valence-electron chi connectivity index (χ2n) is 5.92. The number of carbonyl (C=O) groups is 1. The molecule has 1 N–H and O–H groups in total. The Kier molecular flexibility index (Phi) is 4.01. The minimum absolute atomic E-state index is 0.0225. The molecule has 1 heterocycles. The molecule has 25 heavy (non-hydrogen) atoms. The van der Waals surface area contributed by atoms with Crippen LogP contribution in [0.15, 0.2) is 85.5 Å². The first kappa shape index (κ1) is 15.1. The van der Waals surface area contributed by atoms with E-state index in [0.717, 1.165) is 22.3 Å². The molecule has 0 saturated heterocycles. The zero-order valence-corrected chi connectivity index (χ0v) is 13.6. The lowest BCUT2D eigenvalue weighted by molar-refractivity contribution is -0.115. The van der Waals surface area contributed by atoms with Gasteiger partial charge in [0, 0.05) is 23.8 Å². The van der Waals surface area contributed by atoms with E-state index in [9.17, 15) is 4.79 Å². The third-order valence-corrected chi connectivity index (χ3v) is 4.13. The topological polar surface area (TPSA) is 46.9 Å². The molecule has 0 spiro atoms. The lowest BCUT2D eigenvalue weighted by Crippen LogP contribution is -2.14. The fourth-order valence-electron chi connectivity index (χ4n) is 2.87. The molecule has 4 heteroatoms. The summed E-state index contributed by atoms with van der Waals surface area (Å²) in [4.78, 5) is 16.3. The van der Waals surface area contributed by atoms with Crippen molar-refractivity contribution in [3.63, 3.8) is 0 Å². The van der Waals surface area contributed by atoms with Crippen LogP contribution in [0.3, 0.4) is 0 Å². The van der Waals surface area contributed by atoms with E-state index in [2.05, 4.69) is 34.6 Å². The molecule has 4 rings (SSSR count). The molecule has 4 nitrogen and oxygen atoms in total. The highest BCUT2D eigenvalue weighted by molar-refractivity contribution is 5.93. The molecular weight excluding hydrogens is 310 g/mol. The van der Waals surface area contributed by atoms with E-state index in [1.807, 2.05) is 53.2 Å². The van der Waals surface area contributed by atoms with Gasteiger partial charge in [-0.2, -0.15) is 0 Å². The van der Waals surface area contributed by atoms with Crippen LogP contribution in [0.2, 0.25) is 0 Å². The van der Waals surface area contributed by atoms with Gasteiger partial charge in [0.15, 0.2) is 0 Å². The Morgan fingerprint density at radius 3 is 2.52 bits per heavy atom. The van der Waals surface area contributed by atoms with E-state index in [-0.39, 0.29) is 5.91 Å². The van der Waals surface area contributed by atoms with Gasteiger partial charge in [-0.3, -0.25) is 4.79 Å². The van der Waals surface area contributed by atoms with Gasteiger partial charge in [-0.25, -0.2) is 4.98 Å². The maximum atomic E-state index is 12.3. The quantitative estimate of drug-likeness (QED) is 0.610. The van der Waals surface area contributed by atoms with Crippen molar-refractivity contribution in [3.8, 4) is 5.69 Å². The molecule has 0 atom stereocenters. The highest BCUT2D eigenvalue weighted by Crippen LogP contribution is 2.17. The minimum atomic E-state index is -0.0225. The molecule has 0 aliphatic heterocycles. The van der Waals surface area contributed by atoms with Gasteiger partial charge >= 0.3 is 0 Å². The number of rotatable bonds is 4. The molecule has 1 amide bonds. The molecular formula is C21H17N3O. The summed E-state index contributed by atoms with van der Waals surface area (Å²) in [5.74, 6) is -0.0225. The van der Waals surface area contributed by atoms with Gasteiger partial charge in [0.05, 0.1) is 12.7 Å². The van der Waals surface area contributed by atoms with Gasteiger partial charge in [0.25, 0.3) is 0 Å². The number of hydrogen-bond donors (Lipinski definition) is 1. The fourth-order valence-corrected chi connectivity index (χ4v) is 2.87. The number of benzene rings is 3. The number of hydrogen-bond acceptors (Lipinski definition) is 2. The Morgan fingerprint density at radius 1 is 0.960 bits per heavy atom. The summed E-state index contributed by atoms with van der Waals surface area (Å²) in [7, 11) is 0. The summed E-state index contributed by atoms with van der Waals surface area (Å²) in [5, 5.41) is 5.28. The largest absolute Gasteiger partial charge is 0.326 e. The minimum Gasteiger partial charge on any atom is -0.326 e. The SMILES string of the molecule is O=C(Cc1ccc2ccccc2c1)Nc1ccc(-n2ccnc2)cc1. The van der Waals surface area contributed by atoms with Crippen LogP contribution in [0.4, 0.5) is 5.69 Å². The highest BCUT2D eigenvalue weighted by atomic mass is 16.1. The second-order valence-corrected chi connectivity index (χ2v) is 5.92. The number of imidazole rings is 1. The third kappa shape index (κ3) is 3.43. The van der Waals surface area contributed by atoms with Crippen LogP contribution in [-0.4, -0.2) is 15.5 Å². The first-order valence-electron chi connectivity index (χ1n) is 8.14. The second kappa shape index (κ2) is 6.61. The molecule has 3 aromatic carbocycles. The van der Waals surface area contributed by atoms with E-state index < -0.39 is 0 Å². The van der Waals surface area contributed by atoms with Crippen molar-refractivity contribution in [2.24, 2.45) is 0 Å². The summed E-state index contributed by atoms with van der Waals surface area (Å²) in [6, 6.07) is 22.0. The maximum absolute atomic E-state index is 12.3. The zero-order valence-electron chi connectivity index (χ0n) is 13.6. The zero-order chi connectivity index (χ0) is 17.1. The average molecular weight is 327 g/mol. The predicted molar refractivity (Wildman–Crippen MR) is 99.8 cm³/mol. The van der Waals surface area contributed by atoms with Gasteiger partial charge < -0.3 is 9.88 Å². The Labute approximate surface area is 145 Å². The molecule has 0 fully saturated rings. The molecule has 0 unspecified atom stereocenters. The van der Waals surface area contributed by atoms with E-state index >= 15 is 0 Å². The Bertz CT molecular complexity index is 1000. The molecule has 0 radical (unpaired) electrons. The summed E-state index contributed by atoms with van der Waals surface area (Å²) < 4.78 is 1.92. The van der Waals surface area contributed by atoms with Crippen LogP contribution < -0.4 is 5.32 Å². The molecule has 0 aliphatic carbocycles. The summed E-state index contributed by atoms with van der Waals surface area (Å²) >= 11 is 0. The van der Waals surface area contributed by atoms with Crippen molar-refractivity contribution >= 4 is 22.4 Å². The van der Waals surface area contributed by atoms with Crippen LogP contribution in [-0.2, 0) is 11.2 Å². The van der Waals surface area contributed by atoms with Crippen LogP contribution in [0.5, 0.6) is 0 Å². The van der Waals surface area contributed by atoms with Crippen molar-refractivity contribution in [2.45, 2.75) is 6.42 Å². The van der Waals surface area contributed by atoms with Crippen molar-refractivity contribution < 1.29 is 4.79 Å². The van der Waals surface area contributed by atoms with Crippen LogP contribution in [0.25, 0.3) is 16.5 Å². The monoisotopic (exact) mass is 327 g/mol. The normalized spacial score (nSPS) is 10.7. The van der Waals surface area contributed by atoms with Gasteiger partial charge in [-0.15, -0.1) is 0 Å². The van der Waals surface area contributed by atoms with E-state index in [0.29, 0.717) is 6.42 Å². The van der Waals surface area contributed by atoms with Crippen LogP contribution in [0, 0.1) is 0 Å². The molecule has 4 aromatic rings. The molecule has 0 bridgehead atoms. The smallest absolute Gasteiger partial charge is 0.228 e. The van der Waals surface area contributed by atoms with Gasteiger partial charge in [0.2, 0.25) is 5.91 Å². The molecule has 0 aliphatic rings. The summed E-state index contributed by atoms with van der Waals surface area (Å²) in [6.07, 6.45) is 5.72. The van der Waals surface area contributed by atoms with Crippen LogP contribution in [0.1, 0.15) is 5.56 Å². The third-order valence-electron chi connectivity index (χ3n) is 4.13. The number of amides is 1. The number of fused-ring (bicyclic) bond motifs is 1. The Morgan fingerprint density at radius 2 is 1.76 bits per heavy atom. The van der Waals surface area contributed by atoms with Gasteiger partial charge in [-0.1, -0.05) is 42.5 Å². The van der Waals surface area contributed by atoms with Gasteiger partial charge in [-0.05, 0) is 40.6 Å². The first-order chi connectivity index (χ1) is 12.3. The van der Waals surface area contributed by atoms with E-state index in [1.54, 1.807) is 12.5 Å². The summed E-state index contributed by atoms with van der Waals surface area (Å²) in [5.41, 5.74) is 2.80. The van der Waals surface area contributed by atoms with Crippen molar-refractivity contribution in [2.75, 3.05) is 5.32 Å². The van der Waals surface area contributed by atoms with E-state index in [4.69, 9.17) is 0 Å². The number of anilines is 1. The molecule has 1 aromatic heterocycles. The highest BCUT2D eigenvalue weighted by Gasteiger charge is 2.05. The Hall–Kier alpha value is -3.40. The maximum Gasteiger partial charge on any atom is 0.228 e. The average Bonchev–Trinajstić information content (AvgIpc) is 3.17. The van der Waals surface area contributed by atoms with Crippen molar-refractivity contribution in [1.82, 2.24) is 9.55 Å². The van der Waals surface area contributed by atoms with Crippen molar-refractivity contribution in [1.29, 1.82) is 0 Å². The fraction of sp³-hybridized carbons (Fsp3) is 0.0476. The Balaban J connectivity index is 1.44. The molecule has 122 valence electrons. The number of nitrogens with zero attached hydrogens (tertiary/aromatic N) is 2. The van der Waals surface area contributed by atoms with Gasteiger partial charge in [0.1, 0.15) is 0 Å². The lowest BCUT2D eigenvalue weighted by Gasteiger charge is -2.08. The lowest BCUT2D eigenvalue weighted by atomic mass is 10.0. The first-order valence-corrected chi connectivity index (χ1v) is 8.14. The summed E-state index contributed by atoms with van der Waals surface area (Å²) in [6.45, 7) is 0. The van der Waals surface area contributed by atoms with Crippen LogP contribution >= 0.6 is 0 Å². The molecule has 0 saturated carbocycles. The number of carbonyl (C=O) groups excluding carboxylic acids is 1.